The van der Waals surface area contributed by atoms with Gasteiger partial charge in [-0.05, 0) is 85.5 Å². The summed E-state index contributed by atoms with van der Waals surface area (Å²) in [6.07, 6.45) is -5.84. The summed E-state index contributed by atoms with van der Waals surface area (Å²) in [5, 5.41) is 108. The quantitative estimate of drug-likeness (QED) is 0.0289. The molecule has 22 atom stereocenters. The van der Waals surface area contributed by atoms with E-state index in [1.54, 1.807) is 30.6 Å². The summed E-state index contributed by atoms with van der Waals surface area (Å²) < 4.78 is 69.6. The van der Waals surface area contributed by atoms with E-state index in [0.717, 1.165) is 12.8 Å². The number of phosphoric acid groups is 1. The van der Waals surface area contributed by atoms with Gasteiger partial charge in [-0.15, -0.1) is 0 Å². The average molecular weight is 1320 g/mol. The van der Waals surface area contributed by atoms with Crippen LogP contribution in [-0.4, -0.2) is 295 Å². The van der Waals surface area contributed by atoms with Gasteiger partial charge in [0.15, 0.2) is 18.9 Å². The molecule has 0 aromatic rings. The number of carbonyl (C=O) groups is 3. The second-order valence-corrected chi connectivity index (χ2v) is 27.0. The fourth-order valence-electron chi connectivity index (χ4n) is 12.2. The molecule has 30 heteroatoms. The van der Waals surface area contributed by atoms with Crippen LogP contribution in [0.15, 0.2) is 0 Å². The van der Waals surface area contributed by atoms with Crippen molar-refractivity contribution in [1.82, 2.24) is 14.7 Å². The number of hydrogen-bond donors (Lipinski definition) is 12. The van der Waals surface area contributed by atoms with Gasteiger partial charge in [0.1, 0.15) is 36.6 Å². The van der Waals surface area contributed by atoms with Gasteiger partial charge in [-0.25, -0.2) is 4.57 Å². The number of aliphatic hydroxyl groups is 11. The van der Waals surface area contributed by atoms with Gasteiger partial charge >= 0.3 is 7.82 Å². The van der Waals surface area contributed by atoms with E-state index in [4.69, 9.17) is 46.9 Å². The Bertz CT molecular complexity index is 2120. The Labute approximate surface area is 529 Å². The van der Waals surface area contributed by atoms with Crippen molar-refractivity contribution in [2.24, 2.45) is 17.8 Å². The summed E-state index contributed by atoms with van der Waals surface area (Å²) >= 11 is 0. The minimum Gasteiger partial charge on any atom is -0.394 e. The van der Waals surface area contributed by atoms with E-state index in [1.807, 2.05) is 27.7 Å². The normalized spacial score (nSPS) is 35.5. The molecular formula is C60H110N3O26P. The topological polar surface area (TPSA) is 413 Å². The fraction of sp³-hybridized carbons (Fsp3) is 0.950. The lowest BCUT2D eigenvalue weighted by molar-refractivity contribution is -0.282. The SMILES string of the molecule is CC(C)OC[C@@H]1C[C@@H](OP(=O)(O)OC[C@@H]2C[C@@H](O)CN2C(=O)CCCCCOC2OC(CO)C(O)C(O)C2C)CN1C(=O)CCCCCOC1OC(CO)C(O)C(O)C1C.CC(C)O[C@@H]1C[C@@H](CO)N(C(=O)CCCCCOC2OC(CO)C(O)C(O)C2C)C1. The molecule has 29 nitrogen and oxygen atoms in total. The van der Waals surface area contributed by atoms with Crippen LogP contribution in [0.4, 0.5) is 0 Å². The number of phosphoric ester groups is 1. The number of rotatable bonds is 35. The third-order valence-electron chi connectivity index (χ3n) is 17.6. The second-order valence-electron chi connectivity index (χ2n) is 25.6. The van der Waals surface area contributed by atoms with Crippen LogP contribution < -0.4 is 0 Å². The number of β-amino-alcohol motifs (C(OH)–C–C–N with tert-alkyl or cyclic N) is 1. The number of hydrogen-bond acceptors (Lipinski definition) is 25. The molecule has 90 heavy (non-hydrogen) atoms. The molecule has 6 aliphatic rings. The van der Waals surface area contributed by atoms with Crippen molar-refractivity contribution in [2.75, 3.05) is 79.1 Å². The van der Waals surface area contributed by atoms with E-state index >= 15 is 0 Å². The van der Waals surface area contributed by atoms with Gasteiger partial charge in [-0.3, -0.25) is 23.4 Å². The highest BCUT2D eigenvalue weighted by atomic mass is 31.2. The molecule has 0 bridgehead atoms. The first kappa shape index (κ1) is 78.5. The summed E-state index contributed by atoms with van der Waals surface area (Å²) in [7, 11) is -4.65. The molecule has 12 N–H and O–H groups in total. The van der Waals surface area contributed by atoms with Gasteiger partial charge < -0.3 is 114 Å². The summed E-state index contributed by atoms with van der Waals surface area (Å²) in [4.78, 5) is 54.6. The first-order chi connectivity index (χ1) is 42.7. The number of ether oxygens (including phenoxy) is 8. The lowest BCUT2D eigenvalue weighted by Crippen LogP contribution is -2.55. The molecular weight excluding hydrogens is 1210 g/mol. The maximum Gasteiger partial charge on any atom is 0.472 e. The van der Waals surface area contributed by atoms with Gasteiger partial charge in [0, 0.05) is 76.5 Å². The number of unbranched alkanes of at least 4 members (excludes halogenated alkanes) is 6. The molecule has 526 valence electrons. The molecule has 16 unspecified atom stereocenters. The van der Waals surface area contributed by atoms with Crippen molar-refractivity contribution in [2.45, 2.75) is 267 Å². The lowest BCUT2D eigenvalue weighted by Gasteiger charge is -2.40. The molecule has 0 saturated carbocycles. The Balaban J connectivity index is 0.000000410. The summed E-state index contributed by atoms with van der Waals surface area (Å²) in [5.74, 6) is -1.77. The number of likely N-dealkylation sites (tertiary alicyclic amines) is 3. The van der Waals surface area contributed by atoms with Crippen LogP contribution in [0.2, 0.25) is 0 Å². The zero-order chi connectivity index (χ0) is 66.4. The van der Waals surface area contributed by atoms with E-state index in [0.29, 0.717) is 70.9 Å². The van der Waals surface area contributed by atoms with Gasteiger partial charge in [0.05, 0.1) is 107 Å². The van der Waals surface area contributed by atoms with Crippen LogP contribution in [0.25, 0.3) is 0 Å². The van der Waals surface area contributed by atoms with Crippen molar-refractivity contribution in [1.29, 1.82) is 0 Å². The largest absolute Gasteiger partial charge is 0.472 e. The van der Waals surface area contributed by atoms with Crippen molar-refractivity contribution >= 4 is 25.5 Å². The highest BCUT2D eigenvalue weighted by molar-refractivity contribution is 7.47. The minimum atomic E-state index is -4.65. The van der Waals surface area contributed by atoms with E-state index in [2.05, 4.69) is 0 Å². The number of amides is 3. The average Bonchev–Trinajstić information content (AvgIpc) is 2.00. The van der Waals surface area contributed by atoms with E-state index in [1.165, 1.54) is 4.90 Å². The van der Waals surface area contributed by atoms with Gasteiger partial charge in [-0.1, -0.05) is 40.0 Å². The summed E-state index contributed by atoms with van der Waals surface area (Å²) in [6.45, 7) is 12.9. The minimum absolute atomic E-state index is 0.0198. The van der Waals surface area contributed by atoms with Crippen LogP contribution in [0.1, 0.15) is 145 Å². The van der Waals surface area contributed by atoms with Crippen LogP contribution in [-0.2, 0) is 65.9 Å². The van der Waals surface area contributed by atoms with Gasteiger partial charge in [-0.2, -0.15) is 0 Å². The Morgan fingerprint density at radius 2 is 0.856 bits per heavy atom. The maximum absolute atomic E-state index is 13.4. The standard InChI is InChI=1S/C39H71N2O18P.C21H39NO8/c1-23(2)55-21-27-16-29(18-41(27)33(46)12-8-6-10-14-54-39-25(4)35(48)37(50)31(20-43)58-39)59-60(51,52)56-22-26-15-28(44)17-40(26)32(45)11-7-5-9-13-53-38-24(3)34(47)36(49)30(19-42)57-38;1-13(2)29-16-9-15(11-23)22(10-16)18(25)7-5-4-6-8-28-21-14(3)19(26)20(27)17(12-24)30-21/h23-31,34-39,42-44,47-50H,5-22H2,1-4H3,(H,51,52);13-17,19-21,23-24,26-27H,4-12H2,1-3H3/t24?,25?,26-,27-,28+,29+,30?,31?,34?,35?,36?,37?,38?,39?;14?,15-,16+,17?,19?,20?,21?/m00/s1. The molecule has 6 saturated heterocycles. The first-order valence-electron chi connectivity index (χ1n) is 32.6. The Morgan fingerprint density at radius 3 is 1.24 bits per heavy atom. The van der Waals surface area contributed by atoms with Crippen molar-refractivity contribution < 1.29 is 127 Å². The van der Waals surface area contributed by atoms with E-state index in [9.17, 15) is 80.0 Å². The molecule has 0 aromatic heterocycles. The Kier molecular flexibility index (Phi) is 34.1. The molecule has 0 radical (unpaired) electrons. The lowest BCUT2D eigenvalue weighted by atomic mass is 9.92. The second kappa shape index (κ2) is 39.1. The number of carbonyl (C=O) groups excluding carboxylic acids is 3. The molecule has 6 aliphatic heterocycles. The van der Waals surface area contributed by atoms with Crippen LogP contribution in [0.5, 0.6) is 0 Å². The predicted octanol–water partition coefficient (Wildman–Crippen LogP) is -0.194. The van der Waals surface area contributed by atoms with E-state index in [-0.39, 0.29) is 120 Å². The summed E-state index contributed by atoms with van der Waals surface area (Å²) in [5.41, 5.74) is 0. The van der Waals surface area contributed by atoms with Gasteiger partial charge in [0.25, 0.3) is 0 Å². The van der Waals surface area contributed by atoms with Crippen molar-refractivity contribution in [3.8, 4) is 0 Å². The molecule has 3 amide bonds. The number of nitrogens with zero attached hydrogens (tertiary/aromatic N) is 3. The highest BCUT2D eigenvalue weighted by Crippen LogP contribution is 2.47. The van der Waals surface area contributed by atoms with Crippen molar-refractivity contribution in [3.63, 3.8) is 0 Å². The van der Waals surface area contributed by atoms with Crippen molar-refractivity contribution in [3.05, 3.63) is 0 Å². The highest BCUT2D eigenvalue weighted by Gasteiger charge is 2.46. The third kappa shape index (κ3) is 23.8. The monoisotopic (exact) mass is 1320 g/mol. The fourth-order valence-corrected chi connectivity index (χ4v) is 13.2. The molecule has 0 aromatic carbocycles. The van der Waals surface area contributed by atoms with Gasteiger partial charge in [0.2, 0.25) is 17.7 Å². The molecule has 6 fully saturated rings. The first-order valence-corrected chi connectivity index (χ1v) is 34.1. The zero-order valence-corrected chi connectivity index (χ0v) is 54.6. The van der Waals surface area contributed by atoms with Crippen LogP contribution >= 0.6 is 7.82 Å². The Morgan fingerprint density at radius 1 is 0.478 bits per heavy atom. The maximum atomic E-state index is 13.4. The van der Waals surface area contributed by atoms with Crippen LogP contribution in [0, 0.1) is 17.8 Å². The third-order valence-corrected chi connectivity index (χ3v) is 18.7. The Hall–Kier alpha value is -2.24. The molecule has 0 aliphatic carbocycles. The van der Waals surface area contributed by atoms with Crippen LogP contribution in [0.3, 0.4) is 0 Å². The summed E-state index contributed by atoms with van der Waals surface area (Å²) in [6, 6.07) is -1.22. The van der Waals surface area contributed by atoms with E-state index < -0.39 is 137 Å². The number of aliphatic hydroxyl groups excluding tert-OH is 11. The molecule has 6 heterocycles. The molecule has 0 spiro atoms. The molecule has 6 rings (SSSR count). The zero-order valence-electron chi connectivity index (χ0n) is 53.7. The smallest absolute Gasteiger partial charge is 0.394 e. The predicted molar refractivity (Wildman–Crippen MR) is 319 cm³/mol.